The lowest BCUT2D eigenvalue weighted by Gasteiger charge is -2.19. The third-order valence-corrected chi connectivity index (χ3v) is 4.97. The molecule has 0 fully saturated rings. The number of amides is 2. The first-order chi connectivity index (χ1) is 14.6. The number of carbonyl (C=O) groups excluding carboxylic acids is 2. The Kier molecular flexibility index (Phi) is 6.33. The second-order valence-corrected chi connectivity index (χ2v) is 7.86. The maximum atomic E-state index is 13.8. The van der Waals surface area contributed by atoms with Crippen molar-refractivity contribution in [1.82, 2.24) is 25.4 Å². The van der Waals surface area contributed by atoms with Crippen molar-refractivity contribution in [2.75, 3.05) is 7.05 Å². The molecule has 0 saturated heterocycles. The van der Waals surface area contributed by atoms with Gasteiger partial charge in [-0.3, -0.25) is 9.59 Å². The van der Waals surface area contributed by atoms with Gasteiger partial charge in [-0.1, -0.05) is 19.9 Å². The van der Waals surface area contributed by atoms with E-state index in [-0.39, 0.29) is 17.5 Å². The molecule has 0 aliphatic rings. The normalized spacial score (nSPS) is 12.4. The number of carbonyl (C=O) groups is 2. The molecule has 1 unspecified atom stereocenters. The molecule has 0 aliphatic heterocycles. The number of hydrogen-bond acceptors (Lipinski definition) is 4. The summed E-state index contributed by atoms with van der Waals surface area (Å²) in [6, 6.07) is 3.56. The van der Waals surface area contributed by atoms with Crippen LogP contribution in [0, 0.1) is 11.6 Å². The second-order valence-electron chi connectivity index (χ2n) is 7.86. The molecule has 0 aliphatic carbocycles. The van der Waals surface area contributed by atoms with E-state index in [1.165, 1.54) is 13.1 Å². The Morgan fingerprint density at radius 3 is 2.35 bits per heavy atom. The molecular formula is C22H25F2N5O2. The molecule has 0 radical (unpaired) electrons. The first-order valence-corrected chi connectivity index (χ1v) is 9.99. The fourth-order valence-electron chi connectivity index (χ4n) is 3.24. The first kappa shape index (κ1) is 22.3. The van der Waals surface area contributed by atoms with Gasteiger partial charge >= 0.3 is 0 Å². The van der Waals surface area contributed by atoms with Crippen LogP contribution in [0.4, 0.5) is 8.78 Å². The highest BCUT2D eigenvalue weighted by Gasteiger charge is 2.26. The van der Waals surface area contributed by atoms with Crippen LogP contribution in [-0.4, -0.2) is 33.6 Å². The molecule has 31 heavy (non-hydrogen) atoms. The van der Waals surface area contributed by atoms with E-state index in [4.69, 9.17) is 0 Å². The molecule has 1 aromatic carbocycles. The van der Waals surface area contributed by atoms with E-state index in [0.29, 0.717) is 22.3 Å². The number of hydrogen-bond donors (Lipinski definition) is 2. The van der Waals surface area contributed by atoms with E-state index in [2.05, 4.69) is 20.7 Å². The van der Waals surface area contributed by atoms with Crippen LogP contribution in [0.2, 0.25) is 0 Å². The van der Waals surface area contributed by atoms with Crippen molar-refractivity contribution >= 4 is 22.8 Å². The monoisotopic (exact) mass is 429 g/mol. The number of nitrogens with one attached hydrogen (secondary N) is 2. The van der Waals surface area contributed by atoms with E-state index < -0.39 is 29.5 Å². The number of likely N-dealkylation sites (N-methyl/N-ethyl adjacent to an activating group) is 1. The maximum absolute atomic E-state index is 13.8. The van der Waals surface area contributed by atoms with Crippen LogP contribution in [0.1, 0.15) is 67.3 Å². The largest absolute Gasteiger partial charge is 0.357 e. The topological polar surface area (TPSA) is 88.9 Å². The molecule has 3 rings (SSSR count). The summed E-state index contributed by atoms with van der Waals surface area (Å²) >= 11 is 0. The number of benzene rings is 1. The van der Waals surface area contributed by atoms with Gasteiger partial charge in [0.1, 0.15) is 6.04 Å². The lowest BCUT2D eigenvalue weighted by molar-refractivity contribution is -0.122. The minimum atomic E-state index is -1.21. The van der Waals surface area contributed by atoms with Crippen molar-refractivity contribution in [2.45, 2.75) is 45.7 Å². The summed E-state index contributed by atoms with van der Waals surface area (Å²) in [7, 11) is 1.40. The van der Waals surface area contributed by atoms with Crippen LogP contribution in [0.15, 0.2) is 30.5 Å². The van der Waals surface area contributed by atoms with E-state index in [1.54, 1.807) is 16.9 Å². The smallest absolute Gasteiger partial charge is 0.253 e. The van der Waals surface area contributed by atoms with Crippen LogP contribution in [0.25, 0.3) is 11.0 Å². The van der Waals surface area contributed by atoms with Gasteiger partial charge in [-0.2, -0.15) is 5.10 Å². The summed E-state index contributed by atoms with van der Waals surface area (Å²) in [6.07, 6.45) is 1.56. The number of nitrogens with zero attached hydrogens (tertiary/aromatic N) is 3. The Morgan fingerprint density at radius 1 is 1.06 bits per heavy atom. The lowest BCUT2D eigenvalue weighted by Crippen LogP contribution is -2.39. The molecule has 164 valence electrons. The molecule has 2 aromatic heterocycles. The van der Waals surface area contributed by atoms with Crippen LogP contribution >= 0.6 is 0 Å². The molecule has 2 N–H and O–H groups in total. The summed E-state index contributed by atoms with van der Waals surface area (Å²) in [5, 5.41) is 9.97. The lowest BCUT2D eigenvalue weighted by atomic mass is 10.0. The minimum Gasteiger partial charge on any atom is -0.357 e. The fourth-order valence-corrected chi connectivity index (χ4v) is 3.24. The zero-order valence-electron chi connectivity index (χ0n) is 18.0. The average molecular weight is 429 g/mol. The molecule has 9 heteroatoms. The van der Waals surface area contributed by atoms with Gasteiger partial charge in [0.05, 0.1) is 17.1 Å². The maximum Gasteiger partial charge on any atom is 0.253 e. The molecule has 0 spiro atoms. The van der Waals surface area contributed by atoms with Crippen LogP contribution in [-0.2, 0) is 4.79 Å². The molecule has 2 heterocycles. The van der Waals surface area contributed by atoms with E-state index in [1.807, 2.05) is 27.7 Å². The molecular weight excluding hydrogens is 404 g/mol. The van der Waals surface area contributed by atoms with Gasteiger partial charge in [-0.05, 0) is 43.5 Å². The summed E-state index contributed by atoms with van der Waals surface area (Å²) in [5.41, 5.74) is 1.69. The Labute approximate surface area is 178 Å². The Balaban J connectivity index is 2.07. The van der Waals surface area contributed by atoms with Crippen molar-refractivity contribution in [3.63, 3.8) is 0 Å². The third kappa shape index (κ3) is 4.40. The quantitative estimate of drug-likeness (QED) is 0.626. The van der Waals surface area contributed by atoms with Crippen molar-refractivity contribution in [1.29, 1.82) is 0 Å². The molecule has 1 atom stereocenters. The SMILES string of the molecule is CNC(=O)C(NC(=O)c1cc(C(C)C)nc2c1cnn2C(C)C)c1ccc(F)c(F)c1. The highest BCUT2D eigenvalue weighted by atomic mass is 19.2. The van der Waals surface area contributed by atoms with Gasteiger partial charge in [-0.25, -0.2) is 18.4 Å². The molecule has 0 bridgehead atoms. The standard InChI is InChI=1S/C22H25F2N5O2/c1-11(2)18-9-14(15-10-26-29(12(3)4)20(15)27-18)21(30)28-19(22(31)25-5)13-6-7-16(23)17(24)8-13/h6-12,19H,1-5H3,(H,25,31)(H,28,30). The zero-order chi connectivity index (χ0) is 22.9. The molecule has 3 aromatic rings. The van der Waals surface area contributed by atoms with Crippen LogP contribution in [0.3, 0.4) is 0 Å². The number of pyridine rings is 1. The highest BCUT2D eigenvalue weighted by Crippen LogP contribution is 2.25. The Hall–Kier alpha value is -3.36. The Bertz CT molecular complexity index is 1140. The van der Waals surface area contributed by atoms with Gasteiger partial charge in [0.2, 0.25) is 5.91 Å². The number of rotatable bonds is 6. The van der Waals surface area contributed by atoms with Gasteiger partial charge in [0, 0.05) is 18.8 Å². The van der Waals surface area contributed by atoms with Crippen LogP contribution in [0.5, 0.6) is 0 Å². The number of fused-ring (bicyclic) bond motifs is 1. The number of halogens is 2. The van der Waals surface area contributed by atoms with E-state index in [9.17, 15) is 18.4 Å². The van der Waals surface area contributed by atoms with Gasteiger partial charge in [0.15, 0.2) is 17.3 Å². The predicted octanol–water partition coefficient (Wildman–Crippen LogP) is 3.63. The molecule has 2 amide bonds. The van der Waals surface area contributed by atoms with Gasteiger partial charge in [-0.15, -0.1) is 0 Å². The van der Waals surface area contributed by atoms with Gasteiger partial charge in [0.25, 0.3) is 5.91 Å². The predicted molar refractivity (Wildman–Crippen MR) is 113 cm³/mol. The third-order valence-electron chi connectivity index (χ3n) is 4.97. The summed E-state index contributed by atoms with van der Waals surface area (Å²) < 4.78 is 28.8. The van der Waals surface area contributed by atoms with Crippen molar-refractivity contribution in [3.05, 3.63) is 58.9 Å². The summed E-state index contributed by atoms with van der Waals surface area (Å²) in [5.74, 6) is -3.20. The van der Waals surface area contributed by atoms with Gasteiger partial charge < -0.3 is 10.6 Å². The Morgan fingerprint density at radius 2 is 1.77 bits per heavy atom. The summed E-state index contributed by atoms with van der Waals surface area (Å²) in [6.45, 7) is 7.84. The zero-order valence-corrected chi connectivity index (χ0v) is 18.0. The second kappa shape index (κ2) is 8.79. The van der Waals surface area contributed by atoms with Crippen LogP contribution < -0.4 is 10.6 Å². The minimum absolute atomic E-state index is 0.0316. The van der Waals surface area contributed by atoms with Crippen molar-refractivity contribution in [2.24, 2.45) is 0 Å². The molecule has 7 nitrogen and oxygen atoms in total. The van der Waals surface area contributed by atoms with Crippen molar-refractivity contribution < 1.29 is 18.4 Å². The first-order valence-electron chi connectivity index (χ1n) is 9.99. The highest BCUT2D eigenvalue weighted by molar-refractivity contribution is 6.07. The molecule has 0 saturated carbocycles. The van der Waals surface area contributed by atoms with Crippen molar-refractivity contribution in [3.8, 4) is 0 Å². The number of aromatic nitrogens is 3. The average Bonchev–Trinajstić information content (AvgIpc) is 3.17. The van der Waals surface area contributed by atoms with E-state index in [0.717, 1.165) is 12.1 Å². The van der Waals surface area contributed by atoms with E-state index >= 15 is 0 Å². The fraction of sp³-hybridized carbons (Fsp3) is 0.364. The summed E-state index contributed by atoms with van der Waals surface area (Å²) in [4.78, 5) is 30.3.